The van der Waals surface area contributed by atoms with E-state index in [2.05, 4.69) is 21.4 Å². The molecule has 0 spiro atoms. The summed E-state index contributed by atoms with van der Waals surface area (Å²) < 4.78 is 5.25. The van der Waals surface area contributed by atoms with E-state index in [-0.39, 0.29) is 6.54 Å². The minimum absolute atomic E-state index is 0.0849. The van der Waals surface area contributed by atoms with Gasteiger partial charge < -0.3 is 15.0 Å². The molecule has 0 aromatic carbocycles. The third-order valence-electron chi connectivity index (χ3n) is 4.71. The highest BCUT2D eigenvalue weighted by Gasteiger charge is 2.24. The molecule has 3 rings (SSSR count). The second kappa shape index (κ2) is 9.47. The number of hydrogen-bond acceptors (Lipinski definition) is 8. The number of esters is 1. The summed E-state index contributed by atoms with van der Waals surface area (Å²) in [5.41, 5.74) is 1.60. The Morgan fingerprint density at radius 3 is 2.76 bits per heavy atom. The quantitative estimate of drug-likeness (QED) is 0.573. The molecule has 2 aromatic heterocycles. The van der Waals surface area contributed by atoms with Gasteiger partial charge in [-0.25, -0.2) is 9.97 Å². The van der Waals surface area contributed by atoms with E-state index in [4.69, 9.17) is 4.74 Å². The van der Waals surface area contributed by atoms with E-state index in [1.54, 1.807) is 25.5 Å². The van der Waals surface area contributed by atoms with Gasteiger partial charge in [0.1, 0.15) is 17.6 Å². The Morgan fingerprint density at radius 2 is 2.03 bits per heavy atom. The second-order valence-corrected chi connectivity index (χ2v) is 8.01. The molecule has 0 fully saturated rings. The maximum absolute atomic E-state index is 12.5. The summed E-state index contributed by atoms with van der Waals surface area (Å²) in [6.07, 6.45) is 7.28. The van der Waals surface area contributed by atoms with Gasteiger partial charge in [0.15, 0.2) is 6.10 Å². The predicted molar refractivity (Wildman–Crippen MR) is 110 cm³/mol. The van der Waals surface area contributed by atoms with Gasteiger partial charge >= 0.3 is 5.97 Å². The lowest BCUT2D eigenvalue weighted by Gasteiger charge is -2.18. The Labute approximate surface area is 173 Å². The third kappa shape index (κ3) is 5.09. The van der Waals surface area contributed by atoms with Crippen molar-refractivity contribution in [2.75, 3.05) is 23.8 Å². The van der Waals surface area contributed by atoms with Crippen LogP contribution in [0.4, 0.5) is 10.9 Å². The number of nitriles is 1. The molecule has 0 saturated carbocycles. The predicted octanol–water partition coefficient (Wildman–Crippen LogP) is 2.69. The first-order valence-corrected chi connectivity index (χ1v) is 10.3. The normalized spacial score (nSPS) is 14.1. The largest absolute Gasteiger partial charge is 0.451 e. The standard InChI is InChI=1S/C20H23N5O3S/c1-13(28-17(26)12-25(2)20-22-9-6-10-23-20)18(27)24-19-15(11-21)14-7-4-3-5-8-16(14)29-19/h6,9-10,13H,3-5,7-8,12H2,1-2H3,(H,24,27). The molecule has 8 nitrogen and oxygen atoms in total. The van der Waals surface area contributed by atoms with Crippen molar-refractivity contribution in [2.45, 2.75) is 45.1 Å². The summed E-state index contributed by atoms with van der Waals surface area (Å²) >= 11 is 1.45. The number of thiophene rings is 1. The lowest BCUT2D eigenvalue weighted by Crippen LogP contribution is -2.35. The van der Waals surface area contributed by atoms with Gasteiger partial charge in [0.25, 0.3) is 5.91 Å². The van der Waals surface area contributed by atoms with E-state index in [0.717, 1.165) is 37.7 Å². The average molecular weight is 414 g/mol. The molecule has 0 aliphatic heterocycles. The van der Waals surface area contributed by atoms with Crippen molar-refractivity contribution in [1.82, 2.24) is 9.97 Å². The van der Waals surface area contributed by atoms with Gasteiger partial charge in [-0.15, -0.1) is 11.3 Å². The van der Waals surface area contributed by atoms with Gasteiger partial charge in [-0.2, -0.15) is 5.26 Å². The molecule has 152 valence electrons. The molecular formula is C20H23N5O3S. The van der Waals surface area contributed by atoms with Crippen molar-refractivity contribution in [3.05, 3.63) is 34.5 Å². The van der Waals surface area contributed by atoms with E-state index >= 15 is 0 Å². The maximum atomic E-state index is 12.5. The lowest BCUT2D eigenvalue weighted by molar-refractivity contribution is -0.151. The van der Waals surface area contributed by atoms with Crippen molar-refractivity contribution >= 4 is 34.2 Å². The highest BCUT2D eigenvalue weighted by molar-refractivity contribution is 7.16. The van der Waals surface area contributed by atoms with E-state index in [1.165, 1.54) is 28.0 Å². The number of ether oxygens (including phenoxy) is 1. The number of anilines is 2. The highest BCUT2D eigenvalue weighted by Crippen LogP contribution is 2.37. The molecular weight excluding hydrogens is 390 g/mol. The van der Waals surface area contributed by atoms with Crippen molar-refractivity contribution in [3.8, 4) is 6.07 Å². The molecule has 1 aliphatic carbocycles. The SMILES string of the molecule is CC(OC(=O)CN(C)c1ncccn1)C(=O)Nc1sc2c(c1C#N)CCCCC2. The van der Waals surface area contributed by atoms with Gasteiger partial charge in [-0.05, 0) is 44.2 Å². The van der Waals surface area contributed by atoms with Gasteiger partial charge in [-0.1, -0.05) is 6.42 Å². The van der Waals surface area contributed by atoms with Crippen molar-refractivity contribution in [1.29, 1.82) is 5.26 Å². The molecule has 0 radical (unpaired) electrons. The number of aryl methyl sites for hydroxylation is 1. The first-order chi connectivity index (χ1) is 14.0. The Kier molecular flexibility index (Phi) is 6.77. The van der Waals surface area contributed by atoms with Crippen LogP contribution in [0.15, 0.2) is 18.5 Å². The zero-order valence-electron chi connectivity index (χ0n) is 16.5. The minimum atomic E-state index is -0.985. The highest BCUT2D eigenvalue weighted by atomic mass is 32.1. The molecule has 1 unspecified atom stereocenters. The van der Waals surface area contributed by atoms with E-state index in [9.17, 15) is 14.9 Å². The second-order valence-electron chi connectivity index (χ2n) is 6.91. The zero-order valence-corrected chi connectivity index (χ0v) is 17.3. The fourth-order valence-electron chi connectivity index (χ4n) is 3.20. The number of hydrogen-bond donors (Lipinski definition) is 1. The van der Waals surface area contributed by atoms with Crippen molar-refractivity contribution in [2.24, 2.45) is 0 Å². The summed E-state index contributed by atoms with van der Waals surface area (Å²) in [6.45, 7) is 1.43. The number of nitrogens with zero attached hydrogens (tertiary/aromatic N) is 4. The fraction of sp³-hybridized carbons (Fsp3) is 0.450. The van der Waals surface area contributed by atoms with Crippen LogP contribution in [0.3, 0.4) is 0 Å². The number of likely N-dealkylation sites (N-methyl/N-ethyl adjacent to an activating group) is 1. The number of carbonyl (C=O) groups is 2. The van der Waals surface area contributed by atoms with Gasteiger partial charge in [-0.3, -0.25) is 9.59 Å². The Balaban J connectivity index is 1.59. The lowest BCUT2D eigenvalue weighted by atomic mass is 10.1. The van der Waals surface area contributed by atoms with Crippen LogP contribution in [0, 0.1) is 11.3 Å². The van der Waals surface area contributed by atoms with Crippen molar-refractivity contribution in [3.63, 3.8) is 0 Å². The first-order valence-electron chi connectivity index (χ1n) is 9.52. The van der Waals surface area contributed by atoms with Gasteiger partial charge in [0, 0.05) is 24.3 Å². The molecule has 9 heteroatoms. The van der Waals surface area contributed by atoms with Crippen molar-refractivity contribution < 1.29 is 14.3 Å². The Hall–Kier alpha value is -2.99. The number of nitrogens with one attached hydrogen (secondary N) is 1. The van der Waals surface area contributed by atoms with E-state index in [0.29, 0.717) is 16.5 Å². The number of amides is 1. The molecule has 2 aromatic rings. The first kappa shape index (κ1) is 20.7. The fourth-order valence-corrected chi connectivity index (χ4v) is 4.45. The molecule has 1 amide bonds. The van der Waals surface area contributed by atoms with E-state index < -0.39 is 18.0 Å². The number of carbonyl (C=O) groups excluding carboxylic acids is 2. The van der Waals surface area contributed by atoms with Gasteiger partial charge in [0.2, 0.25) is 5.95 Å². The summed E-state index contributed by atoms with van der Waals surface area (Å²) in [5.74, 6) is -0.629. The summed E-state index contributed by atoms with van der Waals surface area (Å²) in [6, 6.07) is 3.91. The van der Waals surface area contributed by atoms with Crippen LogP contribution in [0.2, 0.25) is 0 Å². The third-order valence-corrected chi connectivity index (χ3v) is 5.91. The number of aromatic nitrogens is 2. The smallest absolute Gasteiger partial charge is 0.326 e. The van der Waals surface area contributed by atoms with Crippen LogP contribution in [0.5, 0.6) is 0 Å². The van der Waals surface area contributed by atoms with Crippen LogP contribution in [-0.2, 0) is 27.2 Å². The van der Waals surface area contributed by atoms with Crippen LogP contribution >= 0.6 is 11.3 Å². The number of fused-ring (bicyclic) bond motifs is 1. The van der Waals surface area contributed by atoms with Crippen LogP contribution < -0.4 is 10.2 Å². The zero-order chi connectivity index (χ0) is 20.8. The summed E-state index contributed by atoms with van der Waals surface area (Å²) in [7, 11) is 1.67. The molecule has 29 heavy (non-hydrogen) atoms. The molecule has 0 bridgehead atoms. The summed E-state index contributed by atoms with van der Waals surface area (Å²) in [4.78, 5) is 35.5. The van der Waals surface area contributed by atoms with Crippen LogP contribution in [-0.4, -0.2) is 41.5 Å². The monoisotopic (exact) mass is 413 g/mol. The topological polar surface area (TPSA) is 108 Å². The average Bonchev–Trinajstić information content (AvgIpc) is 2.87. The Bertz CT molecular complexity index is 922. The maximum Gasteiger partial charge on any atom is 0.326 e. The molecule has 1 N–H and O–H groups in total. The van der Waals surface area contributed by atoms with E-state index in [1.807, 2.05) is 0 Å². The Morgan fingerprint density at radius 1 is 1.31 bits per heavy atom. The van der Waals surface area contributed by atoms with Gasteiger partial charge in [0.05, 0.1) is 5.56 Å². The number of rotatable bonds is 6. The molecule has 1 aliphatic rings. The van der Waals surface area contributed by atoms with Crippen LogP contribution in [0.1, 0.15) is 42.2 Å². The van der Waals surface area contributed by atoms with Crippen LogP contribution in [0.25, 0.3) is 0 Å². The molecule has 1 atom stereocenters. The molecule has 2 heterocycles. The summed E-state index contributed by atoms with van der Waals surface area (Å²) in [5, 5.41) is 12.9. The minimum Gasteiger partial charge on any atom is -0.451 e. The molecule has 0 saturated heterocycles.